The summed E-state index contributed by atoms with van der Waals surface area (Å²) >= 11 is 0. The van der Waals surface area contributed by atoms with E-state index in [9.17, 15) is 18.0 Å². The minimum atomic E-state index is -3.61. The fourth-order valence-corrected chi connectivity index (χ4v) is 5.49. The van der Waals surface area contributed by atoms with Crippen molar-refractivity contribution < 1.29 is 22.4 Å². The van der Waals surface area contributed by atoms with Gasteiger partial charge < -0.3 is 15.1 Å². The molecule has 31 heavy (non-hydrogen) atoms. The van der Waals surface area contributed by atoms with E-state index in [0.717, 1.165) is 6.42 Å². The van der Waals surface area contributed by atoms with E-state index in [1.54, 1.807) is 19.1 Å². The highest BCUT2D eigenvalue weighted by molar-refractivity contribution is 7.89. The van der Waals surface area contributed by atoms with E-state index in [4.69, 9.17) is 4.42 Å². The summed E-state index contributed by atoms with van der Waals surface area (Å²) in [5.74, 6) is 0.427. The van der Waals surface area contributed by atoms with Crippen LogP contribution < -0.4 is 10.6 Å². The molecule has 2 amide bonds. The minimum absolute atomic E-state index is 0.162. The first-order valence-electron chi connectivity index (χ1n) is 10.4. The lowest BCUT2D eigenvalue weighted by Crippen LogP contribution is -2.44. The molecular formula is C22H29N3O5S. The predicted octanol–water partition coefficient (Wildman–Crippen LogP) is 2.38. The van der Waals surface area contributed by atoms with Gasteiger partial charge in [-0.05, 0) is 61.6 Å². The van der Waals surface area contributed by atoms with Crippen molar-refractivity contribution in [2.24, 2.45) is 11.8 Å². The Kier molecular flexibility index (Phi) is 7.17. The second kappa shape index (κ2) is 9.65. The second-order valence-corrected chi connectivity index (χ2v) is 10.2. The van der Waals surface area contributed by atoms with Crippen molar-refractivity contribution in [1.82, 2.24) is 14.9 Å². The molecular weight excluding hydrogens is 418 g/mol. The van der Waals surface area contributed by atoms with E-state index in [2.05, 4.69) is 24.5 Å². The number of hydrogen-bond donors (Lipinski definition) is 2. The molecule has 0 radical (unpaired) electrons. The van der Waals surface area contributed by atoms with Crippen LogP contribution in [0, 0.1) is 11.8 Å². The molecule has 3 atom stereocenters. The van der Waals surface area contributed by atoms with Crippen LogP contribution in [0.1, 0.15) is 43.3 Å². The molecule has 2 heterocycles. The van der Waals surface area contributed by atoms with E-state index in [1.807, 2.05) is 0 Å². The van der Waals surface area contributed by atoms with Crippen molar-refractivity contribution in [1.29, 1.82) is 0 Å². The van der Waals surface area contributed by atoms with E-state index in [-0.39, 0.29) is 22.9 Å². The lowest BCUT2D eigenvalue weighted by molar-refractivity contribution is -0.122. The first-order valence-corrected chi connectivity index (χ1v) is 11.8. The number of rotatable bonds is 7. The Morgan fingerprint density at radius 2 is 1.77 bits per heavy atom. The number of furan rings is 1. The van der Waals surface area contributed by atoms with E-state index < -0.39 is 22.0 Å². The smallest absolute Gasteiger partial charge is 0.251 e. The van der Waals surface area contributed by atoms with Gasteiger partial charge in [-0.1, -0.05) is 13.8 Å². The highest BCUT2D eigenvalue weighted by Crippen LogP contribution is 2.26. The monoisotopic (exact) mass is 447 g/mol. The maximum absolute atomic E-state index is 13.0. The molecule has 2 aromatic rings. The molecule has 8 nitrogen and oxygen atoms in total. The Balaban J connectivity index is 1.59. The summed E-state index contributed by atoms with van der Waals surface area (Å²) < 4.78 is 32.6. The molecule has 1 aliphatic rings. The van der Waals surface area contributed by atoms with Crippen LogP contribution in [0.5, 0.6) is 0 Å². The summed E-state index contributed by atoms with van der Waals surface area (Å²) in [4.78, 5) is 24.8. The lowest BCUT2D eigenvalue weighted by atomic mass is 9.94. The van der Waals surface area contributed by atoms with Gasteiger partial charge in [-0.3, -0.25) is 9.59 Å². The normalized spacial score (nSPS) is 20.7. The fourth-order valence-electron chi connectivity index (χ4n) is 3.82. The lowest BCUT2D eigenvalue weighted by Gasteiger charge is -2.34. The topological polar surface area (TPSA) is 109 Å². The van der Waals surface area contributed by atoms with Crippen LogP contribution in [0.15, 0.2) is 52.0 Å². The molecule has 1 aromatic heterocycles. The fraction of sp³-hybridized carbons (Fsp3) is 0.455. The highest BCUT2D eigenvalue weighted by atomic mass is 32.2. The standard InChI is InChI=1S/C22H29N3O5S/c1-15-11-16(2)14-25(13-15)31(28,29)20-8-6-18(7-9-20)22(27)24-17(3)21(26)23-12-19-5-4-10-30-19/h4-10,15-17H,11-14H2,1-3H3,(H,23,26)(H,24,27). The third-order valence-electron chi connectivity index (χ3n) is 5.35. The molecule has 0 bridgehead atoms. The average molecular weight is 448 g/mol. The maximum atomic E-state index is 13.0. The van der Waals surface area contributed by atoms with Gasteiger partial charge >= 0.3 is 0 Å². The van der Waals surface area contributed by atoms with E-state index in [0.29, 0.717) is 30.7 Å². The minimum Gasteiger partial charge on any atom is -0.467 e. The average Bonchev–Trinajstić information content (AvgIpc) is 3.25. The van der Waals surface area contributed by atoms with Gasteiger partial charge in [0.25, 0.3) is 5.91 Å². The van der Waals surface area contributed by atoms with Crippen molar-refractivity contribution in [3.63, 3.8) is 0 Å². The quantitative estimate of drug-likeness (QED) is 0.677. The van der Waals surface area contributed by atoms with Gasteiger partial charge in [0.15, 0.2) is 0 Å². The summed E-state index contributed by atoms with van der Waals surface area (Å²) in [6, 6.07) is 8.51. The van der Waals surface area contributed by atoms with Crippen LogP contribution in [0.2, 0.25) is 0 Å². The first-order chi connectivity index (χ1) is 14.7. The predicted molar refractivity (Wildman–Crippen MR) is 116 cm³/mol. The number of amides is 2. The van der Waals surface area contributed by atoms with Crippen molar-refractivity contribution in [3.8, 4) is 0 Å². The van der Waals surface area contributed by atoms with Gasteiger partial charge in [0, 0.05) is 18.7 Å². The summed E-state index contributed by atoms with van der Waals surface area (Å²) in [5.41, 5.74) is 0.282. The van der Waals surface area contributed by atoms with Gasteiger partial charge in [0.05, 0.1) is 17.7 Å². The Labute approximate surface area is 183 Å². The number of hydrogen-bond acceptors (Lipinski definition) is 5. The largest absolute Gasteiger partial charge is 0.467 e. The Morgan fingerprint density at radius 3 is 2.35 bits per heavy atom. The van der Waals surface area contributed by atoms with E-state index >= 15 is 0 Å². The molecule has 0 aliphatic carbocycles. The summed E-state index contributed by atoms with van der Waals surface area (Å²) in [7, 11) is -3.61. The molecule has 3 rings (SSSR count). The van der Waals surface area contributed by atoms with Gasteiger partial charge in [-0.25, -0.2) is 8.42 Å². The number of nitrogens with zero attached hydrogens (tertiary/aromatic N) is 1. The third kappa shape index (κ3) is 5.74. The zero-order chi connectivity index (χ0) is 22.6. The van der Waals surface area contributed by atoms with Gasteiger partial charge in [-0.15, -0.1) is 0 Å². The van der Waals surface area contributed by atoms with Crippen LogP contribution in [-0.2, 0) is 21.4 Å². The summed E-state index contributed by atoms with van der Waals surface area (Å²) in [6.07, 6.45) is 2.53. The maximum Gasteiger partial charge on any atom is 0.251 e. The number of benzene rings is 1. The number of carbonyl (C=O) groups excluding carboxylic acids is 2. The molecule has 2 N–H and O–H groups in total. The zero-order valence-corrected chi connectivity index (χ0v) is 18.8. The van der Waals surface area contributed by atoms with Crippen molar-refractivity contribution in [2.75, 3.05) is 13.1 Å². The van der Waals surface area contributed by atoms with Crippen molar-refractivity contribution >= 4 is 21.8 Å². The van der Waals surface area contributed by atoms with Crippen LogP contribution in [0.4, 0.5) is 0 Å². The highest BCUT2D eigenvalue weighted by Gasteiger charge is 2.31. The summed E-state index contributed by atoms with van der Waals surface area (Å²) in [6.45, 7) is 6.91. The summed E-state index contributed by atoms with van der Waals surface area (Å²) in [5, 5.41) is 5.30. The molecule has 0 spiro atoms. The number of sulfonamides is 1. The van der Waals surface area contributed by atoms with Crippen LogP contribution in [0.3, 0.4) is 0 Å². The van der Waals surface area contributed by atoms with Crippen molar-refractivity contribution in [2.45, 2.75) is 44.7 Å². The number of piperidine rings is 1. The molecule has 9 heteroatoms. The Hall–Kier alpha value is -2.65. The molecule has 3 unspecified atom stereocenters. The SMILES string of the molecule is CC1CC(C)CN(S(=O)(=O)c2ccc(C(=O)NC(C)C(=O)NCc3ccco3)cc2)C1. The molecule has 1 aliphatic heterocycles. The van der Waals surface area contributed by atoms with Crippen LogP contribution in [0.25, 0.3) is 0 Å². The van der Waals surface area contributed by atoms with Gasteiger partial charge in [0.1, 0.15) is 11.8 Å². The molecule has 1 aromatic carbocycles. The zero-order valence-electron chi connectivity index (χ0n) is 18.0. The van der Waals surface area contributed by atoms with Crippen LogP contribution in [-0.4, -0.2) is 43.7 Å². The molecule has 0 saturated carbocycles. The second-order valence-electron chi connectivity index (χ2n) is 8.28. The Bertz CT molecular complexity index is 992. The third-order valence-corrected chi connectivity index (χ3v) is 7.19. The van der Waals surface area contributed by atoms with Gasteiger partial charge in [-0.2, -0.15) is 4.31 Å². The Morgan fingerprint density at radius 1 is 1.13 bits per heavy atom. The molecule has 1 saturated heterocycles. The first kappa shape index (κ1) is 23.0. The number of nitrogens with one attached hydrogen (secondary N) is 2. The molecule has 1 fully saturated rings. The van der Waals surface area contributed by atoms with Crippen molar-refractivity contribution in [3.05, 3.63) is 54.0 Å². The number of carbonyl (C=O) groups is 2. The van der Waals surface area contributed by atoms with Gasteiger partial charge in [0.2, 0.25) is 15.9 Å². The van der Waals surface area contributed by atoms with E-state index in [1.165, 1.54) is 34.8 Å². The molecule has 168 valence electrons. The van der Waals surface area contributed by atoms with Crippen LogP contribution >= 0.6 is 0 Å².